The van der Waals surface area contributed by atoms with Gasteiger partial charge in [-0.25, -0.2) is 0 Å². The fraction of sp³-hybridized carbons (Fsp3) is 0.350. The highest BCUT2D eigenvalue weighted by molar-refractivity contribution is 5.94. The Balaban J connectivity index is 1.50. The van der Waals surface area contributed by atoms with Crippen molar-refractivity contribution in [1.82, 2.24) is 14.8 Å². The van der Waals surface area contributed by atoms with Gasteiger partial charge in [0, 0.05) is 50.1 Å². The van der Waals surface area contributed by atoms with E-state index in [1.54, 1.807) is 30.3 Å². The molecule has 0 atom stereocenters. The molecule has 1 saturated heterocycles. The molecule has 3 rings (SSSR count). The van der Waals surface area contributed by atoms with E-state index in [-0.39, 0.29) is 11.8 Å². The molecule has 2 amide bonds. The number of methoxy groups -OCH3 is 1. The standard InChI is InChI=1S/C20H23N3O3/c1-26-18-7-4-5-16(15-18)20(25)23-13-11-22(12-14-23)19(24)9-8-17-6-2-3-10-21-17/h2-7,10,15H,8-9,11-14H2,1H3. The molecule has 1 fully saturated rings. The van der Waals surface area contributed by atoms with Crippen LogP contribution in [0.1, 0.15) is 22.5 Å². The van der Waals surface area contributed by atoms with E-state index in [1.165, 1.54) is 0 Å². The molecule has 26 heavy (non-hydrogen) atoms. The first-order chi connectivity index (χ1) is 12.7. The van der Waals surface area contributed by atoms with Gasteiger partial charge in [-0.2, -0.15) is 0 Å². The number of ether oxygens (including phenoxy) is 1. The number of nitrogens with zero attached hydrogens (tertiary/aromatic N) is 3. The lowest BCUT2D eigenvalue weighted by atomic mass is 10.1. The number of amides is 2. The molecule has 0 radical (unpaired) electrons. The minimum absolute atomic E-state index is 0.0236. The van der Waals surface area contributed by atoms with Crippen molar-refractivity contribution in [3.63, 3.8) is 0 Å². The van der Waals surface area contributed by atoms with Gasteiger partial charge in [-0.1, -0.05) is 12.1 Å². The van der Waals surface area contributed by atoms with Gasteiger partial charge in [-0.15, -0.1) is 0 Å². The van der Waals surface area contributed by atoms with Gasteiger partial charge in [-0.05, 0) is 36.8 Å². The first-order valence-corrected chi connectivity index (χ1v) is 8.78. The number of carbonyl (C=O) groups excluding carboxylic acids is 2. The molecule has 1 aliphatic heterocycles. The Kier molecular flexibility index (Phi) is 5.84. The molecule has 0 aliphatic carbocycles. The molecule has 2 heterocycles. The highest BCUT2D eigenvalue weighted by atomic mass is 16.5. The second kappa shape index (κ2) is 8.47. The van der Waals surface area contributed by atoms with E-state index in [2.05, 4.69) is 4.98 Å². The lowest BCUT2D eigenvalue weighted by molar-refractivity contribution is -0.132. The molecule has 1 aromatic heterocycles. The predicted molar refractivity (Wildman–Crippen MR) is 98.0 cm³/mol. The minimum Gasteiger partial charge on any atom is -0.497 e. The smallest absolute Gasteiger partial charge is 0.254 e. The Morgan fingerprint density at radius 1 is 1.04 bits per heavy atom. The molecule has 2 aromatic rings. The summed E-state index contributed by atoms with van der Waals surface area (Å²) in [7, 11) is 1.58. The molecular formula is C20H23N3O3. The molecule has 0 unspecified atom stereocenters. The Labute approximate surface area is 153 Å². The van der Waals surface area contributed by atoms with Gasteiger partial charge in [-0.3, -0.25) is 14.6 Å². The van der Waals surface area contributed by atoms with E-state index in [0.717, 1.165) is 5.69 Å². The molecule has 6 nitrogen and oxygen atoms in total. The largest absolute Gasteiger partial charge is 0.497 e. The molecule has 136 valence electrons. The first kappa shape index (κ1) is 17.9. The van der Waals surface area contributed by atoms with Gasteiger partial charge in [0.05, 0.1) is 7.11 Å². The maximum Gasteiger partial charge on any atom is 0.254 e. The van der Waals surface area contributed by atoms with Crippen LogP contribution in [0, 0.1) is 0 Å². The van der Waals surface area contributed by atoms with Crippen LogP contribution >= 0.6 is 0 Å². The SMILES string of the molecule is COc1cccc(C(=O)N2CCN(C(=O)CCc3ccccn3)CC2)c1. The Bertz CT molecular complexity index is 756. The second-order valence-corrected chi connectivity index (χ2v) is 6.23. The van der Waals surface area contributed by atoms with E-state index in [9.17, 15) is 9.59 Å². The maximum atomic E-state index is 12.6. The van der Waals surface area contributed by atoms with Crippen LogP contribution in [0.2, 0.25) is 0 Å². The van der Waals surface area contributed by atoms with Gasteiger partial charge >= 0.3 is 0 Å². The summed E-state index contributed by atoms with van der Waals surface area (Å²) in [4.78, 5) is 32.9. The zero-order valence-corrected chi connectivity index (χ0v) is 14.9. The monoisotopic (exact) mass is 353 g/mol. The van der Waals surface area contributed by atoms with Crippen LogP contribution in [0.25, 0.3) is 0 Å². The van der Waals surface area contributed by atoms with Crippen LogP contribution in [0.3, 0.4) is 0 Å². The highest BCUT2D eigenvalue weighted by Crippen LogP contribution is 2.16. The average molecular weight is 353 g/mol. The van der Waals surface area contributed by atoms with Crippen molar-refractivity contribution in [2.24, 2.45) is 0 Å². The predicted octanol–water partition coefficient (Wildman–Crippen LogP) is 2.01. The molecule has 0 N–H and O–H groups in total. The summed E-state index contributed by atoms with van der Waals surface area (Å²) in [5, 5.41) is 0. The van der Waals surface area contributed by atoms with Crippen molar-refractivity contribution in [2.75, 3.05) is 33.3 Å². The van der Waals surface area contributed by atoms with Gasteiger partial charge in [0.1, 0.15) is 5.75 Å². The minimum atomic E-state index is -0.0236. The number of hydrogen-bond donors (Lipinski definition) is 0. The van der Waals surface area contributed by atoms with Gasteiger partial charge in [0.25, 0.3) is 5.91 Å². The normalized spacial score (nSPS) is 14.2. The second-order valence-electron chi connectivity index (χ2n) is 6.23. The number of hydrogen-bond acceptors (Lipinski definition) is 4. The van der Waals surface area contributed by atoms with E-state index in [0.29, 0.717) is 50.3 Å². The summed E-state index contributed by atoms with van der Waals surface area (Å²) in [5.41, 5.74) is 1.53. The van der Waals surface area contributed by atoms with Crippen molar-refractivity contribution in [1.29, 1.82) is 0 Å². The van der Waals surface area contributed by atoms with Crippen LogP contribution in [-0.2, 0) is 11.2 Å². The number of rotatable bonds is 5. The van der Waals surface area contributed by atoms with Crippen LogP contribution in [0.15, 0.2) is 48.7 Å². The van der Waals surface area contributed by atoms with Crippen molar-refractivity contribution in [3.8, 4) is 5.75 Å². The molecule has 0 spiro atoms. The number of carbonyl (C=O) groups is 2. The molecule has 1 aromatic carbocycles. The number of aryl methyl sites for hydroxylation is 1. The van der Waals surface area contributed by atoms with Gasteiger partial charge < -0.3 is 14.5 Å². The lowest BCUT2D eigenvalue weighted by Gasteiger charge is -2.35. The van der Waals surface area contributed by atoms with Gasteiger partial charge in [0.15, 0.2) is 0 Å². The van der Waals surface area contributed by atoms with Crippen LogP contribution in [-0.4, -0.2) is 59.9 Å². The van der Waals surface area contributed by atoms with E-state index < -0.39 is 0 Å². The van der Waals surface area contributed by atoms with Crippen LogP contribution in [0.5, 0.6) is 5.75 Å². The Hall–Kier alpha value is -2.89. The van der Waals surface area contributed by atoms with E-state index in [4.69, 9.17) is 4.74 Å². The zero-order chi connectivity index (χ0) is 18.4. The summed E-state index contributed by atoms with van der Waals surface area (Å²) < 4.78 is 5.18. The van der Waals surface area contributed by atoms with Crippen molar-refractivity contribution in [3.05, 3.63) is 59.9 Å². The number of aromatic nitrogens is 1. The number of benzene rings is 1. The first-order valence-electron chi connectivity index (χ1n) is 8.78. The van der Waals surface area contributed by atoms with Crippen molar-refractivity contribution < 1.29 is 14.3 Å². The summed E-state index contributed by atoms with van der Waals surface area (Å²) in [6.07, 6.45) is 2.83. The fourth-order valence-electron chi connectivity index (χ4n) is 3.04. The van der Waals surface area contributed by atoms with Gasteiger partial charge in [0.2, 0.25) is 5.91 Å². The van der Waals surface area contributed by atoms with E-state index >= 15 is 0 Å². The quantitative estimate of drug-likeness (QED) is 0.825. The highest BCUT2D eigenvalue weighted by Gasteiger charge is 2.24. The van der Waals surface area contributed by atoms with Crippen molar-refractivity contribution >= 4 is 11.8 Å². The summed E-state index contributed by atoms with van der Waals surface area (Å²) in [6.45, 7) is 2.23. The Morgan fingerprint density at radius 3 is 2.50 bits per heavy atom. The average Bonchev–Trinajstić information content (AvgIpc) is 2.72. The third-order valence-electron chi connectivity index (χ3n) is 4.56. The third-order valence-corrected chi connectivity index (χ3v) is 4.56. The molecular weight excluding hydrogens is 330 g/mol. The molecule has 0 bridgehead atoms. The Morgan fingerprint density at radius 2 is 1.81 bits per heavy atom. The maximum absolute atomic E-state index is 12.6. The lowest BCUT2D eigenvalue weighted by Crippen LogP contribution is -2.50. The number of piperazine rings is 1. The zero-order valence-electron chi connectivity index (χ0n) is 14.9. The molecule has 6 heteroatoms. The summed E-state index contributed by atoms with van der Waals surface area (Å²) >= 11 is 0. The van der Waals surface area contributed by atoms with Crippen LogP contribution < -0.4 is 4.74 Å². The molecule has 1 aliphatic rings. The van der Waals surface area contributed by atoms with Crippen molar-refractivity contribution in [2.45, 2.75) is 12.8 Å². The number of pyridine rings is 1. The topological polar surface area (TPSA) is 62.7 Å². The fourth-order valence-corrected chi connectivity index (χ4v) is 3.04. The molecule has 0 saturated carbocycles. The summed E-state index contributed by atoms with van der Waals surface area (Å²) in [5.74, 6) is 0.757. The third kappa shape index (κ3) is 4.39. The summed E-state index contributed by atoms with van der Waals surface area (Å²) in [6, 6.07) is 12.9. The van der Waals surface area contributed by atoms with E-state index in [1.807, 2.05) is 35.2 Å². The van der Waals surface area contributed by atoms with Crippen LogP contribution in [0.4, 0.5) is 0 Å².